The molecule has 0 amide bonds. The van der Waals surface area contributed by atoms with Gasteiger partial charge in [-0.3, -0.25) is 4.68 Å². The minimum Gasteiger partial charge on any atom is -0.343 e. The molecule has 0 saturated heterocycles. The van der Waals surface area contributed by atoms with E-state index in [-0.39, 0.29) is 0 Å². The number of aryl methyl sites for hydroxylation is 1. The predicted octanol–water partition coefficient (Wildman–Crippen LogP) is 2.68. The van der Waals surface area contributed by atoms with Gasteiger partial charge in [0.05, 0.1) is 12.7 Å². The van der Waals surface area contributed by atoms with E-state index in [1.165, 1.54) is 34.9 Å². The number of fused-ring (bicyclic) bond motifs is 1. The van der Waals surface area contributed by atoms with Crippen molar-refractivity contribution in [3.63, 3.8) is 0 Å². The lowest BCUT2D eigenvalue weighted by atomic mass is 10.2. The molecule has 1 N–H and O–H groups in total. The minimum absolute atomic E-state index is 0.741. The summed E-state index contributed by atoms with van der Waals surface area (Å²) in [4.78, 5) is 0. The van der Waals surface area contributed by atoms with Crippen molar-refractivity contribution in [2.45, 2.75) is 32.0 Å². The van der Waals surface area contributed by atoms with Gasteiger partial charge in [0.15, 0.2) is 0 Å². The van der Waals surface area contributed by atoms with E-state index in [4.69, 9.17) is 0 Å². The van der Waals surface area contributed by atoms with Crippen LogP contribution in [0.25, 0.3) is 10.9 Å². The Morgan fingerprint density at radius 1 is 1.24 bits per heavy atom. The summed E-state index contributed by atoms with van der Waals surface area (Å²) in [5, 5.41) is 9.23. The quantitative estimate of drug-likeness (QED) is 0.780. The van der Waals surface area contributed by atoms with Crippen molar-refractivity contribution in [2.24, 2.45) is 7.05 Å². The number of hydrogen-bond donors (Lipinski definition) is 1. The van der Waals surface area contributed by atoms with Crippen molar-refractivity contribution >= 4 is 10.9 Å². The fourth-order valence-corrected chi connectivity index (χ4v) is 2.89. The molecule has 3 aromatic rings. The van der Waals surface area contributed by atoms with E-state index >= 15 is 0 Å². The molecular weight excluding hydrogens is 260 g/mol. The van der Waals surface area contributed by atoms with Crippen LogP contribution in [0.15, 0.2) is 42.9 Å². The van der Waals surface area contributed by atoms with Gasteiger partial charge in [0.1, 0.15) is 0 Å². The third-order valence-corrected chi connectivity index (χ3v) is 4.14. The van der Waals surface area contributed by atoms with Gasteiger partial charge in [-0.1, -0.05) is 18.2 Å². The molecule has 1 aliphatic carbocycles. The Bertz CT molecular complexity index is 764. The molecule has 4 rings (SSSR count). The highest BCUT2D eigenvalue weighted by molar-refractivity contribution is 5.84. The fraction of sp³-hybridized carbons (Fsp3) is 0.353. The molecule has 4 nitrogen and oxygen atoms in total. The first-order valence-corrected chi connectivity index (χ1v) is 7.57. The summed E-state index contributed by atoms with van der Waals surface area (Å²) in [6.45, 7) is 1.84. The predicted molar refractivity (Wildman–Crippen MR) is 84.1 cm³/mol. The van der Waals surface area contributed by atoms with Crippen molar-refractivity contribution in [2.75, 3.05) is 0 Å². The Kier molecular flexibility index (Phi) is 3.04. The Balaban J connectivity index is 1.66. The largest absolute Gasteiger partial charge is 0.343 e. The smallest absolute Gasteiger partial charge is 0.0539 e. The van der Waals surface area contributed by atoms with Crippen molar-refractivity contribution < 1.29 is 0 Å². The van der Waals surface area contributed by atoms with Crippen LogP contribution in [0.3, 0.4) is 0 Å². The summed E-state index contributed by atoms with van der Waals surface area (Å²) in [7, 11) is 1.96. The number of nitrogens with one attached hydrogen (secondary N) is 1. The molecule has 0 bridgehead atoms. The van der Waals surface area contributed by atoms with Gasteiger partial charge in [-0.2, -0.15) is 5.10 Å². The van der Waals surface area contributed by atoms with E-state index in [0.29, 0.717) is 0 Å². The van der Waals surface area contributed by atoms with Crippen LogP contribution in [0.1, 0.15) is 24.0 Å². The highest BCUT2D eigenvalue weighted by Gasteiger charge is 2.20. The number of aromatic nitrogens is 3. The molecular formula is C17H20N4. The van der Waals surface area contributed by atoms with Crippen LogP contribution < -0.4 is 5.32 Å². The molecule has 21 heavy (non-hydrogen) atoms. The fourth-order valence-electron chi connectivity index (χ4n) is 2.89. The third-order valence-electron chi connectivity index (χ3n) is 4.14. The average molecular weight is 280 g/mol. The summed E-state index contributed by atoms with van der Waals surface area (Å²) in [6.07, 6.45) is 8.96. The molecule has 2 aromatic heterocycles. The molecule has 1 fully saturated rings. The molecule has 1 aliphatic rings. The van der Waals surface area contributed by atoms with Crippen LogP contribution in [0.5, 0.6) is 0 Å². The number of nitrogens with zero attached hydrogens (tertiary/aromatic N) is 3. The van der Waals surface area contributed by atoms with Crippen LogP contribution in [-0.4, -0.2) is 20.4 Å². The van der Waals surface area contributed by atoms with E-state index in [9.17, 15) is 0 Å². The molecule has 0 aliphatic heterocycles. The van der Waals surface area contributed by atoms with E-state index in [2.05, 4.69) is 51.6 Å². The number of para-hydroxylation sites is 1. The second-order valence-electron chi connectivity index (χ2n) is 5.98. The molecule has 1 saturated carbocycles. The van der Waals surface area contributed by atoms with E-state index < -0.39 is 0 Å². The Labute approximate surface area is 124 Å². The van der Waals surface area contributed by atoms with E-state index in [0.717, 1.165) is 19.1 Å². The SMILES string of the molecule is Cn1cc(Cn2cc(CNC3CC3)c3ccccc32)cn1. The molecule has 1 aromatic carbocycles. The van der Waals surface area contributed by atoms with Crippen LogP contribution in [0.2, 0.25) is 0 Å². The van der Waals surface area contributed by atoms with Crippen LogP contribution in [-0.2, 0) is 20.1 Å². The molecule has 0 unspecified atom stereocenters. The second-order valence-corrected chi connectivity index (χ2v) is 5.98. The van der Waals surface area contributed by atoms with Crippen molar-refractivity contribution in [3.05, 3.63) is 54.0 Å². The van der Waals surface area contributed by atoms with Gasteiger partial charge in [0.2, 0.25) is 0 Å². The molecule has 0 radical (unpaired) electrons. The number of benzene rings is 1. The molecule has 0 spiro atoms. The Morgan fingerprint density at radius 3 is 2.86 bits per heavy atom. The maximum Gasteiger partial charge on any atom is 0.0539 e. The maximum absolute atomic E-state index is 4.26. The topological polar surface area (TPSA) is 34.8 Å². The zero-order valence-electron chi connectivity index (χ0n) is 12.3. The third kappa shape index (κ3) is 2.59. The van der Waals surface area contributed by atoms with Gasteiger partial charge in [0, 0.05) is 48.5 Å². The van der Waals surface area contributed by atoms with Gasteiger partial charge in [-0.05, 0) is 24.5 Å². The molecule has 0 atom stereocenters. The highest BCUT2D eigenvalue weighted by atomic mass is 15.2. The summed E-state index contributed by atoms with van der Waals surface area (Å²) in [6, 6.07) is 9.40. The monoisotopic (exact) mass is 280 g/mol. The summed E-state index contributed by atoms with van der Waals surface area (Å²) < 4.78 is 4.19. The van der Waals surface area contributed by atoms with Crippen molar-refractivity contribution in [1.29, 1.82) is 0 Å². The van der Waals surface area contributed by atoms with Crippen LogP contribution >= 0.6 is 0 Å². The van der Waals surface area contributed by atoms with Gasteiger partial charge < -0.3 is 9.88 Å². The highest BCUT2D eigenvalue weighted by Crippen LogP contribution is 2.24. The minimum atomic E-state index is 0.741. The van der Waals surface area contributed by atoms with Crippen molar-refractivity contribution in [3.8, 4) is 0 Å². The van der Waals surface area contributed by atoms with E-state index in [1.807, 2.05) is 17.9 Å². The Morgan fingerprint density at radius 2 is 2.10 bits per heavy atom. The summed E-state index contributed by atoms with van der Waals surface area (Å²) >= 11 is 0. The standard InChI is InChI=1S/C17H20N4/c1-20-10-13(8-19-20)11-21-12-14(9-18-15-6-7-15)16-4-2-3-5-17(16)21/h2-5,8,10,12,15,18H,6-7,9,11H2,1H3. The summed E-state index contributed by atoms with van der Waals surface area (Å²) in [5.74, 6) is 0. The number of hydrogen-bond acceptors (Lipinski definition) is 2. The Hall–Kier alpha value is -2.07. The normalized spacial score (nSPS) is 14.9. The van der Waals surface area contributed by atoms with Gasteiger partial charge >= 0.3 is 0 Å². The maximum atomic E-state index is 4.26. The lowest BCUT2D eigenvalue weighted by Gasteiger charge is -2.02. The summed E-state index contributed by atoms with van der Waals surface area (Å²) in [5.41, 5.74) is 3.93. The van der Waals surface area contributed by atoms with Gasteiger partial charge in [-0.15, -0.1) is 0 Å². The number of rotatable bonds is 5. The first-order valence-electron chi connectivity index (χ1n) is 7.57. The van der Waals surface area contributed by atoms with Crippen molar-refractivity contribution in [1.82, 2.24) is 19.7 Å². The second kappa shape index (κ2) is 5.04. The van der Waals surface area contributed by atoms with Crippen LogP contribution in [0.4, 0.5) is 0 Å². The van der Waals surface area contributed by atoms with Gasteiger partial charge in [-0.25, -0.2) is 0 Å². The first-order chi connectivity index (χ1) is 10.3. The zero-order chi connectivity index (χ0) is 14.2. The first kappa shape index (κ1) is 12.7. The van der Waals surface area contributed by atoms with Crippen LogP contribution in [0, 0.1) is 0 Å². The average Bonchev–Trinajstić information content (AvgIpc) is 3.15. The zero-order valence-corrected chi connectivity index (χ0v) is 12.3. The van der Waals surface area contributed by atoms with Gasteiger partial charge in [0.25, 0.3) is 0 Å². The molecule has 2 heterocycles. The molecule has 108 valence electrons. The lowest BCUT2D eigenvalue weighted by molar-refractivity contribution is 0.687. The van der Waals surface area contributed by atoms with E-state index in [1.54, 1.807) is 0 Å². The molecule has 4 heteroatoms. The lowest BCUT2D eigenvalue weighted by Crippen LogP contribution is -2.14.